The van der Waals surface area contributed by atoms with Crippen molar-refractivity contribution in [2.24, 2.45) is 0 Å². The number of terminal acetylenes is 1. The van der Waals surface area contributed by atoms with Crippen LogP contribution < -0.4 is 4.90 Å². The van der Waals surface area contributed by atoms with Crippen LogP contribution in [-0.4, -0.2) is 26.7 Å². The SMILES string of the molecule is C#C/C(=C/c1ccc(N(C)C)cc1)C(=O)OCC. The number of hydrogen-bond donors (Lipinski definition) is 0. The highest BCUT2D eigenvalue weighted by atomic mass is 16.5. The number of carbonyl (C=O) groups is 1. The van der Waals surface area contributed by atoms with E-state index < -0.39 is 5.97 Å². The van der Waals surface area contributed by atoms with Crippen molar-refractivity contribution in [1.29, 1.82) is 0 Å². The number of carbonyl (C=O) groups excluding carboxylic acids is 1. The molecule has 0 aromatic heterocycles. The second-order valence-corrected chi connectivity index (χ2v) is 3.91. The Kier molecular flexibility index (Phi) is 5.01. The quantitative estimate of drug-likeness (QED) is 0.462. The van der Waals surface area contributed by atoms with E-state index in [2.05, 4.69) is 5.92 Å². The summed E-state index contributed by atoms with van der Waals surface area (Å²) >= 11 is 0. The molecule has 0 amide bonds. The lowest BCUT2D eigenvalue weighted by atomic mass is 10.1. The Morgan fingerprint density at radius 3 is 2.44 bits per heavy atom. The first kappa shape index (κ1) is 13.9. The molecule has 0 unspecified atom stereocenters. The Bertz CT molecular complexity index is 478. The number of benzene rings is 1. The lowest BCUT2D eigenvalue weighted by Crippen LogP contribution is -2.08. The second-order valence-electron chi connectivity index (χ2n) is 3.91. The van der Waals surface area contributed by atoms with E-state index in [0.29, 0.717) is 6.61 Å². The Balaban J connectivity index is 2.93. The van der Waals surface area contributed by atoms with E-state index in [4.69, 9.17) is 11.2 Å². The maximum atomic E-state index is 11.5. The van der Waals surface area contributed by atoms with Gasteiger partial charge < -0.3 is 9.64 Å². The van der Waals surface area contributed by atoms with E-state index in [1.54, 1.807) is 13.0 Å². The topological polar surface area (TPSA) is 29.5 Å². The van der Waals surface area contributed by atoms with Crippen LogP contribution in [-0.2, 0) is 9.53 Å². The van der Waals surface area contributed by atoms with Gasteiger partial charge in [-0.05, 0) is 30.7 Å². The number of esters is 1. The molecule has 3 nitrogen and oxygen atoms in total. The minimum Gasteiger partial charge on any atom is -0.462 e. The van der Waals surface area contributed by atoms with Crippen LogP contribution in [0.3, 0.4) is 0 Å². The van der Waals surface area contributed by atoms with Crippen LogP contribution >= 0.6 is 0 Å². The molecule has 0 atom stereocenters. The molecule has 0 aliphatic carbocycles. The number of anilines is 1. The van der Waals surface area contributed by atoms with Gasteiger partial charge in [0.1, 0.15) is 5.57 Å². The predicted octanol–water partition coefficient (Wildman–Crippen LogP) is 2.33. The van der Waals surface area contributed by atoms with Gasteiger partial charge >= 0.3 is 5.97 Å². The molecule has 0 heterocycles. The van der Waals surface area contributed by atoms with Crippen molar-refractivity contribution in [2.75, 3.05) is 25.6 Å². The molecule has 0 saturated heterocycles. The molecule has 0 aliphatic heterocycles. The summed E-state index contributed by atoms with van der Waals surface area (Å²) in [5.74, 6) is 1.89. The van der Waals surface area contributed by atoms with Crippen molar-refractivity contribution >= 4 is 17.7 Å². The van der Waals surface area contributed by atoms with Gasteiger partial charge in [0.15, 0.2) is 0 Å². The van der Waals surface area contributed by atoms with Crippen LogP contribution in [0.2, 0.25) is 0 Å². The molecule has 1 rings (SSSR count). The monoisotopic (exact) mass is 243 g/mol. The highest BCUT2D eigenvalue weighted by Gasteiger charge is 2.07. The highest BCUT2D eigenvalue weighted by Crippen LogP contribution is 2.14. The minimum absolute atomic E-state index is 0.231. The average molecular weight is 243 g/mol. The molecule has 0 aliphatic rings. The molecule has 18 heavy (non-hydrogen) atoms. The smallest absolute Gasteiger partial charge is 0.346 e. The fraction of sp³-hybridized carbons (Fsp3) is 0.267. The summed E-state index contributed by atoms with van der Waals surface area (Å²) in [7, 11) is 3.94. The third-order valence-electron chi connectivity index (χ3n) is 2.37. The molecular formula is C15H17NO2. The third kappa shape index (κ3) is 3.67. The zero-order chi connectivity index (χ0) is 13.5. The van der Waals surface area contributed by atoms with Crippen LogP contribution in [0.15, 0.2) is 29.8 Å². The fourth-order valence-corrected chi connectivity index (χ4v) is 1.40. The summed E-state index contributed by atoms with van der Waals surface area (Å²) in [5.41, 5.74) is 2.20. The van der Waals surface area contributed by atoms with Crippen molar-refractivity contribution in [3.05, 3.63) is 35.4 Å². The molecular weight excluding hydrogens is 226 g/mol. The molecule has 0 fully saturated rings. The maximum absolute atomic E-state index is 11.5. The molecule has 0 spiro atoms. The number of nitrogens with zero attached hydrogens (tertiary/aromatic N) is 1. The summed E-state index contributed by atoms with van der Waals surface area (Å²) in [4.78, 5) is 13.5. The largest absolute Gasteiger partial charge is 0.462 e. The Hall–Kier alpha value is -2.21. The van der Waals surface area contributed by atoms with Crippen LogP contribution in [0.25, 0.3) is 6.08 Å². The fourth-order valence-electron chi connectivity index (χ4n) is 1.40. The highest BCUT2D eigenvalue weighted by molar-refractivity contribution is 5.98. The van der Waals surface area contributed by atoms with Crippen molar-refractivity contribution in [2.45, 2.75) is 6.92 Å². The van der Waals surface area contributed by atoms with E-state index in [9.17, 15) is 4.79 Å². The van der Waals surface area contributed by atoms with Crippen LogP contribution in [0.5, 0.6) is 0 Å². The molecule has 0 N–H and O–H groups in total. The maximum Gasteiger partial charge on any atom is 0.346 e. The first-order valence-electron chi connectivity index (χ1n) is 5.71. The Labute approximate surface area is 108 Å². The third-order valence-corrected chi connectivity index (χ3v) is 2.37. The molecule has 1 aromatic rings. The van der Waals surface area contributed by atoms with Gasteiger partial charge in [-0.1, -0.05) is 18.1 Å². The van der Waals surface area contributed by atoms with Gasteiger partial charge in [-0.15, -0.1) is 6.42 Å². The summed E-state index contributed by atoms with van der Waals surface area (Å²) < 4.78 is 4.87. The van der Waals surface area contributed by atoms with Crippen LogP contribution in [0, 0.1) is 12.3 Å². The summed E-state index contributed by atoms with van der Waals surface area (Å²) in [6.07, 6.45) is 6.95. The Morgan fingerprint density at radius 1 is 1.39 bits per heavy atom. The summed E-state index contributed by atoms with van der Waals surface area (Å²) in [5, 5.41) is 0. The predicted molar refractivity (Wildman–Crippen MR) is 74.2 cm³/mol. The zero-order valence-electron chi connectivity index (χ0n) is 10.9. The van der Waals surface area contributed by atoms with Crippen molar-refractivity contribution in [3.8, 4) is 12.3 Å². The van der Waals surface area contributed by atoms with Crippen molar-refractivity contribution in [1.82, 2.24) is 0 Å². The lowest BCUT2D eigenvalue weighted by molar-refractivity contribution is -0.137. The lowest BCUT2D eigenvalue weighted by Gasteiger charge is -2.11. The molecule has 0 saturated carbocycles. The van der Waals surface area contributed by atoms with Gasteiger partial charge in [0.2, 0.25) is 0 Å². The number of rotatable bonds is 4. The number of hydrogen-bond acceptors (Lipinski definition) is 3. The summed E-state index contributed by atoms with van der Waals surface area (Å²) in [6, 6.07) is 7.74. The number of ether oxygens (including phenoxy) is 1. The zero-order valence-corrected chi connectivity index (χ0v) is 10.9. The van der Waals surface area contributed by atoms with E-state index in [1.807, 2.05) is 43.3 Å². The van der Waals surface area contributed by atoms with Crippen LogP contribution in [0.1, 0.15) is 12.5 Å². The molecule has 0 bridgehead atoms. The first-order chi connectivity index (χ1) is 8.58. The second kappa shape index (κ2) is 6.51. The van der Waals surface area contributed by atoms with E-state index >= 15 is 0 Å². The van der Waals surface area contributed by atoms with Gasteiger partial charge in [-0.2, -0.15) is 0 Å². The van der Waals surface area contributed by atoms with Crippen LogP contribution in [0.4, 0.5) is 5.69 Å². The van der Waals surface area contributed by atoms with Gasteiger partial charge in [0, 0.05) is 19.8 Å². The Morgan fingerprint density at radius 2 is 2.00 bits per heavy atom. The van der Waals surface area contributed by atoms with Gasteiger partial charge in [0.05, 0.1) is 6.61 Å². The molecule has 94 valence electrons. The molecule has 1 aromatic carbocycles. The van der Waals surface area contributed by atoms with Crippen molar-refractivity contribution < 1.29 is 9.53 Å². The minimum atomic E-state index is -0.461. The van der Waals surface area contributed by atoms with Gasteiger partial charge in [-0.3, -0.25) is 0 Å². The molecule has 3 heteroatoms. The van der Waals surface area contributed by atoms with E-state index in [-0.39, 0.29) is 5.57 Å². The first-order valence-corrected chi connectivity index (χ1v) is 5.71. The molecule has 0 radical (unpaired) electrons. The van der Waals surface area contributed by atoms with E-state index in [1.165, 1.54) is 0 Å². The van der Waals surface area contributed by atoms with Crippen molar-refractivity contribution in [3.63, 3.8) is 0 Å². The summed E-state index contributed by atoms with van der Waals surface area (Å²) in [6.45, 7) is 2.06. The average Bonchev–Trinajstić information content (AvgIpc) is 2.36. The van der Waals surface area contributed by atoms with Gasteiger partial charge in [0.25, 0.3) is 0 Å². The standard InChI is InChI=1S/C15H17NO2/c1-5-13(15(17)18-6-2)11-12-7-9-14(10-8-12)16(3)4/h1,7-11H,6H2,2-4H3/b13-11-. The normalized spacial score (nSPS) is 10.7. The van der Waals surface area contributed by atoms with E-state index in [0.717, 1.165) is 11.3 Å². The van der Waals surface area contributed by atoms with Gasteiger partial charge in [-0.25, -0.2) is 4.79 Å².